The van der Waals surface area contributed by atoms with Gasteiger partial charge in [-0.1, -0.05) is 17.7 Å². The van der Waals surface area contributed by atoms with Gasteiger partial charge in [0.25, 0.3) is 0 Å². The highest BCUT2D eigenvalue weighted by molar-refractivity contribution is 6.30. The van der Waals surface area contributed by atoms with Crippen LogP contribution in [-0.4, -0.2) is 9.97 Å². The lowest BCUT2D eigenvalue weighted by Crippen LogP contribution is -2.15. The van der Waals surface area contributed by atoms with E-state index in [0.717, 1.165) is 5.56 Å². The van der Waals surface area contributed by atoms with Gasteiger partial charge in [-0.2, -0.15) is 0 Å². The summed E-state index contributed by atoms with van der Waals surface area (Å²) in [6, 6.07) is 4.36. The summed E-state index contributed by atoms with van der Waals surface area (Å²) in [6.45, 7) is 0. The lowest BCUT2D eigenvalue weighted by Gasteiger charge is -2.10. The Hall–Kier alpha value is -1.52. The molecule has 0 radical (unpaired) electrons. The molecule has 2 rings (SSSR count). The molecule has 0 aliphatic carbocycles. The Bertz CT molecular complexity index is 504. The van der Waals surface area contributed by atoms with Gasteiger partial charge in [0, 0.05) is 18.6 Å². The molecule has 0 fully saturated rings. The van der Waals surface area contributed by atoms with Crippen LogP contribution in [0.1, 0.15) is 17.3 Å². The van der Waals surface area contributed by atoms with E-state index in [-0.39, 0.29) is 11.1 Å². The normalized spacial score (nSPS) is 12.4. The van der Waals surface area contributed by atoms with Gasteiger partial charge in [0.1, 0.15) is 5.82 Å². The van der Waals surface area contributed by atoms with Gasteiger partial charge >= 0.3 is 0 Å². The molecule has 17 heavy (non-hydrogen) atoms. The number of benzene rings is 1. The maximum absolute atomic E-state index is 13.2. The highest BCUT2D eigenvalue weighted by atomic mass is 35.5. The van der Waals surface area contributed by atoms with Crippen molar-refractivity contribution in [1.82, 2.24) is 9.97 Å². The number of aromatic nitrogens is 2. The van der Waals surface area contributed by atoms with Gasteiger partial charge in [-0.15, -0.1) is 0 Å². The Morgan fingerprint density at radius 2 is 2.18 bits per heavy atom. The second kappa shape index (κ2) is 5.21. The Morgan fingerprint density at radius 3 is 2.82 bits per heavy atom. The number of hydrogen-bond donors (Lipinski definition) is 1. The fraction of sp³-hybridized carbons (Fsp3) is 0.167. The number of hydrogen-bond acceptors (Lipinski definition) is 3. The zero-order valence-electron chi connectivity index (χ0n) is 8.98. The third kappa shape index (κ3) is 2.99. The third-order valence-corrected chi connectivity index (χ3v) is 2.71. The Balaban J connectivity index is 2.13. The monoisotopic (exact) mass is 251 g/mol. The van der Waals surface area contributed by atoms with E-state index in [1.807, 2.05) is 0 Å². The molecule has 3 nitrogen and oxygen atoms in total. The van der Waals surface area contributed by atoms with Gasteiger partial charge in [-0.3, -0.25) is 9.97 Å². The van der Waals surface area contributed by atoms with Gasteiger partial charge in [0.15, 0.2) is 0 Å². The van der Waals surface area contributed by atoms with Crippen molar-refractivity contribution in [2.45, 2.75) is 12.5 Å². The van der Waals surface area contributed by atoms with E-state index >= 15 is 0 Å². The summed E-state index contributed by atoms with van der Waals surface area (Å²) in [6.07, 6.45) is 5.26. The summed E-state index contributed by atoms with van der Waals surface area (Å²) < 4.78 is 13.2. The minimum Gasteiger partial charge on any atom is -0.322 e. The van der Waals surface area contributed by atoms with Crippen LogP contribution in [0.2, 0.25) is 5.02 Å². The Kier molecular flexibility index (Phi) is 3.66. The molecule has 0 saturated heterocycles. The van der Waals surface area contributed by atoms with E-state index in [2.05, 4.69) is 9.97 Å². The minimum atomic E-state index is -0.435. The molecule has 0 bridgehead atoms. The molecule has 0 spiro atoms. The molecule has 1 aromatic heterocycles. The molecule has 2 N–H and O–H groups in total. The molecule has 5 heteroatoms. The fourth-order valence-electron chi connectivity index (χ4n) is 1.53. The van der Waals surface area contributed by atoms with Crippen molar-refractivity contribution < 1.29 is 4.39 Å². The summed E-state index contributed by atoms with van der Waals surface area (Å²) in [7, 11) is 0. The van der Waals surface area contributed by atoms with Crippen LogP contribution in [0.3, 0.4) is 0 Å². The number of nitrogens with zero attached hydrogens (tertiary/aromatic N) is 2. The summed E-state index contributed by atoms with van der Waals surface area (Å²) in [4.78, 5) is 8.05. The Morgan fingerprint density at radius 1 is 1.35 bits per heavy atom. The van der Waals surface area contributed by atoms with Crippen molar-refractivity contribution in [3.8, 4) is 0 Å². The molecular weight excluding hydrogens is 241 g/mol. The van der Waals surface area contributed by atoms with Crippen LogP contribution in [0.15, 0.2) is 36.8 Å². The van der Waals surface area contributed by atoms with Crippen LogP contribution in [0.4, 0.5) is 4.39 Å². The lowest BCUT2D eigenvalue weighted by atomic mass is 10.0. The van der Waals surface area contributed by atoms with Crippen LogP contribution in [-0.2, 0) is 6.42 Å². The topological polar surface area (TPSA) is 51.8 Å². The van der Waals surface area contributed by atoms with Crippen molar-refractivity contribution >= 4 is 11.6 Å². The summed E-state index contributed by atoms with van der Waals surface area (Å²) in [5.74, 6) is -0.435. The molecule has 1 unspecified atom stereocenters. The van der Waals surface area contributed by atoms with Crippen LogP contribution in [0, 0.1) is 5.82 Å². The third-order valence-electron chi connectivity index (χ3n) is 2.40. The quantitative estimate of drug-likeness (QED) is 0.912. The first-order chi connectivity index (χ1) is 8.16. The summed E-state index contributed by atoms with van der Waals surface area (Å²) in [5.41, 5.74) is 7.42. The zero-order valence-corrected chi connectivity index (χ0v) is 9.73. The maximum Gasteiger partial charge on any atom is 0.142 e. The molecule has 1 heterocycles. The summed E-state index contributed by atoms with van der Waals surface area (Å²) >= 11 is 5.61. The van der Waals surface area contributed by atoms with Crippen molar-refractivity contribution in [1.29, 1.82) is 0 Å². The molecule has 0 aliphatic rings. The number of nitrogens with two attached hydrogens (primary N) is 1. The van der Waals surface area contributed by atoms with Crippen LogP contribution in [0.25, 0.3) is 0 Å². The standard InChI is InChI=1S/C12H11ClFN3/c13-9-2-1-8(5-10(9)14)6-11(15)12-7-16-3-4-17-12/h1-5,7,11H,6,15H2. The van der Waals surface area contributed by atoms with Crippen molar-refractivity contribution in [2.24, 2.45) is 5.73 Å². The van der Waals surface area contributed by atoms with Gasteiger partial charge < -0.3 is 5.73 Å². The van der Waals surface area contributed by atoms with E-state index in [1.54, 1.807) is 24.7 Å². The minimum absolute atomic E-state index is 0.113. The fourth-order valence-corrected chi connectivity index (χ4v) is 1.64. The van der Waals surface area contributed by atoms with Gasteiger partial charge in [-0.25, -0.2) is 4.39 Å². The summed E-state index contributed by atoms with van der Waals surface area (Å²) in [5, 5.41) is 0.113. The maximum atomic E-state index is 13.2. The number of halogens is 2. The van der Waals surface area contributed by atoms with Crippen molar-refractivity contribution in [2.75, 3.05) is 0 Å². The van der Waals surface area contributed by atoms with Crippen LogP contribution < -0.4 is 5.73 Å². The second-order valence-electron chi connectivity index (χ2n) is 3.69. The molecule has 0 saturated carbocycles. The smallest absolute Gasteiger partial charge is 0.142 e. The van der Waals surface area contributed by atoms with Gasteiger partial charge in [0.05, 0.1) is 16.8 Å². The molecule has 0 aliphatic heterocycles. The predicted molar refractivity (Wildman–Crippen MR) is 64.1 cm³/mol. The molecule has 2 aromatic rings. The highest BCUT2D eigenvalue weighted by Crippen LogP contribution is 2.19. The van der Waals surface area contributed by atoms with Crippen molar-refractivity contribution in [3.63, 3.8) is 0 Å². The Labute approximate surface area is 103 Å². The SMILES string of the molecule is NC(Cc1ccc(Cl)c(F)c1)c1cnccn1. The number of rotatable bonds is 3. The molecule has 1 atom stereocenters. The van der Waals surface area contributed by atoms with E-state index in [4.69, 9.17) is 17.3 Å². The predicted octanol–water partition coefficient (Wildman–Crippen LogP) is 2.51. The van der Waals surface area contributed by atoms with Crippen molar-refractivity contribution in [3.05, 3.63) is 58.9 Å². The second-order valence-corrected chi connectivity index (χ2v) is 4.10. The van der Waals surface area contributed by atoms with Gasteiger partial charge in [0.2, 0.25) is 0 Å². The molecular formula is C12H11ClFN3. The molecule has 1 aromatic carbocycles. The molecule has 0 amide bonds. The zero-order chi connectivity index (χ0) is 12.3. The van der Waals surface area contributed by atoms with Gasteiger partial charge in [-0.05, 0) is 24.1 Å². The van der Waals surface area contributed by atoms with E-state index in [9.17, 15) is 4.39 Å². The van der Waals surface area contributed by atoms with E-state index < -0.39 is 5.82 Å². The first kappa shape index (κ1) is 12.0. The van der Waals surface area contributed by atoms with Crippen LogP contribution >= 0.6 is 11.6 Å². The average molecular weight is 252 g/mol. The highest BCUT2D eigenvalue weighted by Gasteiger charge is 2.10. The first-order valence-electron chi connectivity index (χ1n) is 5.12. The van der Waals surface area contributed by atoms with E-state index in [0.29, 0.717) is 12.1 Å². The lowest BCUT2D eigenvalue weighted by molar-refractivity contribution is 0.621. The van der Waals surface area contributed by atoms with Crippen LogP contribution in [0.5, 0.6) is 0 Å². The average Bonchev–Trinajstić information content (AvgIpc) is 2.35. The largest absolute Gasteiger partial charge is 0.322 e. The molecule has 88 valence electrons. The van der Waals surface area contributed by atoms with E-state index in [1.165, 1.54) is 12.1 Å². The first-order valence-corrected chi connectivity index (χ1v) is 5.50.